The van der Waals surface area contributed by atoms with Gasteiger partial charge >= 0.3 is 0 Å². The predicted molar refractivity (Wildman–Crippen MR) is 327 cm³/mol. The fourth-order valence-corrected chi connectivity index (χ4v) is 10.4. The van der Waals surface area contributed by atoms with Crippen molar-refractivity contribution in [2.45, 2.75) is 352 Å². The summed E-state index contributed by atoms with van der Waals surface area (Å²) in [5, 5.41) is 54.7. The first kappa shape index (κ1) is 72.9. The first-order valence-corrected chi connectivity index (χ1v) is 33.0. The van der Waals surface area contributed by atoms with Crippen molar-refractivity contribution >= 4 is 5.91 Å². The molecule has 9 heteroatoms. The number of rotatable bonds is 57. The largest absolute Gasteiger partial charge is 0.394 e. The number of ether oxygens (including phenoxy) is 2. The Balaban J connectivity index is 2.10. The van der Waals surface area contributed by atoms with Crippen LogP contribution in [-0.4, -0.2) is 87.5 Å². The maximum atomic E-state index is 13.1. The number of hydrogen-bond acceptors (Lipinski definition) is 8. The van der Waals surface area contributed by atoms with Crippen molar-refractivity contribution in [3.8, 4) is 0 Å². The van der Waals surface area contributed by atoms with Crippen LogP contribution in [0.2, 0.25) is 0 Å². The molecule has 0 bridgehead atoms. The first-order chi connectivity index (χ1) is 37.8. The summed E-state index contributed by atoms with van der Waals surface area (Å²) in [7, 11) is 0. The highest BCUT2D eigenvalue weighted by Crippen LogP contribution is 2.23. The van der Waals surface area contributed by atoms with E-state index in [1.807, 2.05) is 6.08 Å². The van der Waals surface area contributed by atoms with Gasteiger partial charge in [-0.25, -0.2) is 0 Å². The molecule has 0 aromatic rings. The predicted octanol–water partition coefficient (Wildman–Crippen LogP) is 17.4. The van der Waals surface area contributed by atoms with Gasteiger partial charge in [-0.15, -0.1) is 0 Å². The Hall–Kier alpha value is -2.11. The molecule has 1 aliphatic rings. The summed E-state index contributed by atoms with van der Waals surface area (Å²) >= 11 is 0. The Morgan fingerprint density at radius 2 is 0.805 bits per heavy atom. The van der Waals surface area contributed by atoms with Gasteiger partial charge in [0.2, 0.25) is 5.91 Å². The lowest BCUT2D eigenvalue weighted by atomic mass is 9.99. The van der Waals surface area contributed by atoms with Gasteiger partial charge in [-0.1, -0.05) is 306 Å². The fourth-order valence-electron chi connectivity index (χ4n) is 10.4. The molecule has 0 aliphatic carbocycles. The van der Waals surface area contributed by atoms with E-state index in [2.05, 4.69) is 67.8 Å². The van der Waals surface area contributed by atoms with E-state index in [9.17, 15) is 30.3 Å². The third kappa shape index (κ3) is 46.2. The van der Waals surface area contributed by atoms with Gasteiger partial charge in [-0.3, -0.25) is 4.79 Å². The first-order valence-electron chi connectivity index (χ1n) is 33.0. The summed E-state index contributed by atoms with van der Waals surface area (Å²) in [6.07, 6.45) is 71.7. The molecular formula is C68H125NO8. The molecule has 450 valence electrons. The van der Waals surface area contributed by atoms with Gasteiger partial charge in [-0.2, -0.15) is 0 Å². The number of aliphatic hydroxyl groups is 5. The molecule has 0 aromatic heterocycles. The highest BCUT2D eigenvalue weighted by Gasteiger charge is 2.44. The van der Waals surface area contributed by atoms with Gasteiger partial charge in [0.05, 0.1) is 25.4 Å². The second-order valence-electron chi connectivity index (χ2n) is 22.9. The maximum Gasteiger partial charge on any atom is 0.220 e. The van der Waals surface area contributed by atoms with Crippen LogP contribution in [0.15, 0.2) is 60.8 Å². The lowest BCUT2D eigenvalue weighted by Gasteiger charge is -2.40. The van der Waals surface area contributed by atoms with Crippen molar-refractivity contribution < 1.29 is 39.8 Å². The van der Waals surface area contributed by atoms with E-state index in [1.54, 1.807) is 6.08 Å². The minimum atomic E-state index is -1.57. The molecule has 1 saturated heterocycles. The van der Waals surface area contributed by atoms with Crippen molar-refractivity contribution in [3.63, 3.8) is 0 Å². The molecule has 0 saturated carbocycles. The molecule has 7 atom stereocenters. The molecule has 1 aliphatic heterocycles. The lowest BCUT2D eigenvalue weighted by molar-refractivity contribution is -0.302. The van der Waals surface area contributed by atoms with Gasteiger partial charge in [0.15, 0.2) is 6.29 Å². The quantitative estimate of drug-likeness (QED) is 0.0261. The molecule has 9 nitrogen and oxygen atoms in total. The van der Waals surface area contributed by atoms with Crippen LogP contribution in [0, 0.1) is 0 Å². The second kappa shape index (κ2) is 57.1. The Labute approximate surface area is 475 Å². The molecule has 1 fully saturated rings. The van der Waals surface area contributed by atoms with Crippen LogP contribution in [-0.2, 0) is 14.3 Å². The summed E-state index contributed by atoms with van der Waals surface area (Å²) in [5.41, 5.74) is 0. The molecule has 0 spiro atoms. The number of carbonyl (C=O) groups excluding carboxylic acids is 1. The number of aliphatic hydroxyl groups excluding tert-OH is 5. The third-order valence-corrected chi connectivity index (χ3v) is 15.6. The molecular weight excluding hydrogens is 959 g/mol. The van der Waals surface area contributed by atoms with Crippen LogP contribution < -0.4 is 5.32 Å². The highest BCUT2D eigenvalue weighted by atomic mass is 16.7. The summed E-state index contributed by atoms with van der Waals surface area (Å²) < 4.78 is 11.3. The molecule has 6 N–H and O–H groups in total. The second-order valence-corrected chi connectivity index (χ2v) is 22.9. The summed E-state index contributed by atoms with van der Waals surface area (Å²) in [4.78, 5) is 13.1. The summed E-state index contributed by atoms with van der Waals surface area (Å²) in [6, 6.07) is -0.805. The van der Waals surface area contributed by atoms with Crippen LogP contribution in [0.25, 0.3) is 0 Å². The van der Waals surface area contributed by atoms with Crippen molar-refractivity contribution in [3.05, 3.63) is 60.8 Å². The summed E-state index contributed by atoms with van der Waals surface area (Å²) in [6.45, 7) is 3.70. The monoisotopic (exact) mass is 1080 g/mol. The zero-order valence-corrected chi connectivity index (χ0v) is 50.2. The van der Waals surface area contributed by atoms with Crippen LogP contribution in [0.3, 0.4) is 0 Å². The summed E-state index contributed by atoms with van der Waals surface area (Å²) in [5.74, 6) is -0.172. The molecule has 1 heterocycles. The van der Waals surface area contributed by atoms with Crippen molar-refractivity contribution in [2.75, 3.05) is 13.2 Å². The zero-order valence-electron chi connectivity index (χ0n) is 50.2. The Morgan fingerprint density at radius 1 is 0.455 bits per heavy atom. The maximum absolute atomic E-state index is 13.1. The van der Waals surface area contributed by atoms with Crippen LogP contribution in [0.4, 0.5) is 0 Å². The van der Waals surface area contributed by atoms with E-state index in [0.29, 0.717) is 6.42 Å². The molecule has 77 heavy (non-hydrogen) atoms. The van der Waals surface area contributed by atoms with Gasteiger partial charge in [0.25, 0.3) is 0 Å². The Bertz CT molecular complexity index is 1400. The lowest BCUT2D eigenvalue weighted by Crippen LogP contribution is -2.60. The third-order valence-electron chi connectivity index (χ3n) is 15.6. The van der Waals surface area contributed by atoms with E-state index < -0.39 is 49.5 Å². The molecule has 1 amide bonds. The minimum absolute atomic E-state index is 0.172. The zero-order chi connectivity index (χ0) is 55.8. The number of nitrogens with one attached hydrogen (secondary N) is 1. The average molecular weight is 1080 g/mol. The van der Waals surface area contributed by atoms with E-state index in [4.69, 9.17) is 9.47 Å². The minimum Gasteiger partial charge on any atom is -0.394 e. The van der Waals surface area contributed by atoms with Gasteiger partial charge in [0, 0.05) is 6.42 Å². The standard InChI is InChI=1S/C68H125NO8/c1-3-5-7-9-11-13-15-17-19-21-23-24-25-26-27-28-29-30-31-32-33-34-35-36-37-38-40-42-44-46-48-50-52-54-56-58-64(72)69-61(60-76-68-67(75)66(74)65(73)63(59-70)77-68)62(71)57-55-53-51-49-47-45-43-41-39-22-20-18-16-14-12-10-8-6-4-2/h5,7,11,13,17,19,23-24,55,57,61-63,65-68,70-71,73-75H,3-4,6,8-10,12,14-16,18,20-22,25-54,56,58-60H2,1-2H3,(H,69,72)/b7-5-,13-11-,19-17-,24-23-,57-55+. The SMILES string of the molecule is CC/C=C\C/C=C\C/C=C\C/C=C\CCCCCCCCCCCCCCCCCCCCCCCCC(=O)NC(COC1OC(CO)C(O)C(O)C1O)C(O)/C=C/CCCCCCCCCCCCCCCCCCC. The average Bonchev–Trinajstić information content (AvgIpc) is 3.43. The number of allylic oxidation sites excluding steroid dienone is 9. The fraction of sp³-hybridized carbons (Fsp3) is 0.838. The van der Waals surface area contributed by atoms with Crippen LogP contribution in [0.1, 0.15) is 309 Å². The van der Waals surface area contributed by atoms with Crippen molar-refractivity contribution in [2.24, 2.45) is 0 Å². The molecule has 0 aromatic carbocycles. The van der Waals surface area contributed by atoms with Crippen molar-refractivity contribution in [1.82, 2.24) is 5.32 Å². The Morgan fingerprint density at radius 3 is 1.19 bits per heavy atom. The number of carbonyl (C=O) groups is 1. The molecule has 0 radical (unpaired) electrons. The van der Waals surface area contributed by atoms with E-state index >= 15 is 0 Å². The Kier molecular flexibility index (Phi) is 54.1. The van der Waals surface area contributed by atoms with E-state index in [0.717, 1.165) is 64.2 Å². The highest BCUT2D eigenvalue weighted by molar-refractivity contribution is 5.76. The number of hydrogen-bond donors (Lipinski definition) is 6. The van der Waals surface area contributed by atoms with Gasteiger partial charge in [0.1, 0.15) is 24.4 Å². The molecule has 7 unspecified atom stereocenters. The normalized spacial score (nSPS) is 19.1. The van der Waals surface area contributed by atoms with E-state index in [1.165, 1.54) is 225 Å². The van der Waals surface area contributed by atoms with Gasteiger partial charge in [-0.05, 0) is 57.8 Å². The number of unbranched alkanes of at least 4 members (excludes halogenated alkanes) is 39. The van der Waals surface area contributed by atoms with Crippen LogP contribution in [0.5, 0.6) is 0 Å². The topological polar surface area (TPSA) is 149 Å². The van der Waals surface area contributed by atoms with Gasteiger partial charge < -0.3 is 40.3 Å². The smallest absolute Gasteiger partial charge is 0.220 e. The van der Waals surface area contributed by atoms with Crippen LogP contribution >= 0.6 is 0 Å². The van der Waals surface area contributed by atoms with E-state index in [-0.39, 0.29) is 12.5 Å². The van der Waals surface area contributed by atoms with Crippen molar-refractivity contribution in [1.29, 1.82) is 0 Å². The number of amides is 1. The molecule has 1 rings (SSSR count).